The molecule has 1 N–H and O–H groups in total. The van der Waals surface area contributed by atoms with Crippen molar-refractivity contribution < 1.29 is 0 Å². The summed E-state index contributed by atoms with van der Waals surface area (Å²) in [5.74, 6) is 0.662. The number of nitrogens with one attached hydrogen (secondary N) is 1. The summed E-state index contributed by atoms with van der Waals surface area (Å²) in [4.78, 5) is 2.47. The summed E-state index contributed by atoms with van der Waals surface area (Å²) in [6, 6.07) is 77.1. The maximum atomic E-state index is 4.00. The number of allylic oxidation sites excluding steroid dienone is 5. The first-order chi connectivity index (χ1) is 34.6. The maximum absolute atomic E-state index is 4.00. The molecule has 2 heteroatoms. The third-order valence-electron chi connectivity index (χ3n) is 15.9. The first-order valence-electron chi connectivity index (χ1n) is 24.9. The highest BCUT2D eigenvalue weighted by atomic mass is 15.1. The quantitative estimate of drug-likeness (QED) is 0.171. The summed E-state index contributed by atoms with van der Waals surface area (Å²) < 4.78 is 0. The second-order valence-corrected chi connectivity index (χ2v) is 19.5. The predicted octanol–water partition coefficient (Wildman–Crippen LogP) is 18.0. The lowest BCUT2D eigenvalue weighted by molar-refractivity contribution is 0.640. The van der Waals surface area contributed by atoms with E-state index in [9.17, 15) is 0 Å². The number of hydrogen-bond acceptors (Lipinski definition) is 2. The van der Waals surface area contributed by atoms with Crippen LogP contribution in [0.25, 0.3) is 61.0 Å². The molecule has 2 atom stereocenters. The Balaban J connectivity index is 0.863. The highest BCUT2D eigenvalue weighted by Crippen LogP contribution is 2.63. The molecule has 332 valence electrons. The Morgan fingerprint density at radius 2 is 1.07 bits per heavy atom. The minimum absolute atomic E-state index is 0.273. The molecule has 10 aromatic carbocycles. The van der Waals surface area contributed by atoms with Crippen LogP contribution in [0.3, 0.4) is 0 Å². The number of hydrogen-bond donors (Lipinski definition) is 1. The van der Waals surface area contributed by atoms with Crippen LogP contribution in [-0.2, 0) is 11.8 Å². The van der Waals surface area contributed by atoms with E-state index in [0.29, 0.717) is 5.92 Å². The van der Waals surface area contributed by atoms with Crippen molar-refractivity contribution in [1.82, 2.24) is 0 Å². The number of aryl methyl sites for hydroxylation is 1. The number of anilines is 5. The van der Waals surface area contributed by atoms with Gasteiger partial charge in [0.15, 0.2) is 0 Å². The summed E-state index contributed by atoms with van der Waals surface area (Å²) >= 11 is 0. The summed E-state index contributed by atoms with van der Waals surface area (Å²) in [6.45, 7) is 2.34. The van der Waals surface area contributed by atoms with Crippen LogP contribution >= 0.6 is 0 Å². The van der Waals surface area contributed by atoms with E-state index in [4.69, 9.17) is 0 Å². The van der Waals surface area contributed by atoms with Gasteiger partial charge in [0.2, 0.25) is 0 Å². The average molecular weight is 895 g/mol. The zero-order valence-corrected chi connectivity index (χ0v) is 39.1. The molecule has 70 heavy (non-hydrogen) atoms. The zero-order chi connectivity index (χ0) is 46.3. The third kappa shape index (κ3) is 6.06. The molecular weight excluding hydrogens is 845 g/mol. The van der Waals surface area contributed by atoms with Crippen molar-refractivity contribution in [3.05, 3.63) is 276 Å². The number of fused-ring (bicyclic) bond motifs is 14. The van der Waals surface area contributed by atoms with Crippen LogP contribution in [-0.4, -0.2) is 0 Å². The molecule has 2 nitrogen and oxygen atoms in total. The van der Waals surface area contributed by atoms with Crippen molar-refractivity contribution in [3.63, 3.8) is 0 Å². The second-order valence-electron chi connectivity index (χ2n) is 19.5. The van der Waals surface area contributed by atoms with E-state index in [1.807, 2.05) is 0 Å². The summed E-state index contributed by atoms with van der Waals surface area (Å²) in [7, 11) is 0. The number of nitrogens with zero attached hydrogens (tertiary/aromatic N) is 1. The highest BCUT2D eigenvalue weighted by Gasteiger charge is 2.51. The molecule has 0 aliphatic heterocycles. The smallest absolute Gasteiger partial charge is 0.0726 e. The lowest BCUT2D eigenvalue weighted by Gasteiger charge is -2.32. The van der Waals surface area contributed by atoms with Gasteiger partial charge in [-0.05, 0) is 144 Å². The summed E-state index contributed by atoms with van der Waals surface area (Å²) in [5, 5.41) is 9.16. The minimum Gasteiger partial charge on any atom is -0.355 e. The lowest BCUT2D eigenvalue weighted by Crippen LogP contribution is -2.26. The Morgan fingerprint density at radius 3 is 1.77 bits per heavy atom. The molecule has 0 saturated carbocycles. The Bertz CT molecular complexity index is 3760. The van der Waals surface area contributed by atoms with E-state index in [2.05, 4.69) is 260 Å². The van der Waals surface area contributed by atoms with E-state index in [1.54, 1.807) is 0 Å². The van der Waals surface area contributed by atoms with Crippen molar-refractivity contribution in [2.45, 2.75) is 31.1 Å². The van der Waals surface area contributed by atoms with Gasteiger partial charge >= 0.3 is 0 Å². The molecule has 0 aromatic heterocycles. The van der Waals surface area contributed by atoms with Gasteiger partial charge in [0.25, 0.3) is 0 Å². The van der Waals surface area contributed by atoms with Crippen LogP contribution in [0, 0.1) is 5.92 Å². The molecule has 0 amide bonds. The molecular formula is C68H50N2. The topological polar surface area (TPSA) is 15.3 Å². The van der Waals surface area contributed by atoms with E-state index in [0.717, 1.165) is 35.6 Å². The van der Waals surface area contributed by atoms with Crippen LogP contribution in [0.2, 0.25) is 0 Å². The molecule has 0 bridgehead atoms. The summed E-state index contributed by atoms with van der Waals surface area (Å²) in [5.41, 5.74) is 22.4. The zero-order valence-electron chi connectivity index (χ0n) is 39.1. The van der Waals surface area contributed by atoms with E-state index in [-0.39, 0.29) is 5.92 Å². The fourth-order valence-corrected chi connectivity index (χ4v) is 12.7. The molecule has 10 aromatic rings. The van der Waals surface area contributed by atoms with Gasteiger partial charge in [-0.15, -0.1) is 0 Å². The molecule has 0 saturated heterocycles. The third-order valence-corrected chi connectivity index (χ3v) is 15.9. The second kappa shape index (κ2) is 16.1. The van der Waals surface area contributed by atoms with Gasteiger partial charge in [-0.1, -0.05) is 207 Å². The fraction of sp³-hybridized carbons (Fsp3) is 0.0882. The van der Waals surface area contributed by atoms with Gasteiger partial charge in [-0.2, -0.15) is 0 Å². The maximum Gasteiger partial charge on any atom is 0.0726 e. The molecule has 0 fully saturated rings. The normalized spacial score (nSPS) is 16.5. The number of benzene rings is 10. The number of rotatable bonds is 7. The Labute approximate surface area is 410 Å². The SMILES string of the molecule is CC1C=CC=CC1c1c(Nc2ccc(-c3ccc(N(c4ccc5c(c4)C4(c6ccccc6-c6ccccc64)c4ccccc4-5)c4cccc5ccccc45)cc3)cc2)c2c(c3ccccc13)CCC=C2. The predicted molar refractivity (Wildman–Crippen MR) is 295 cm³/mol. The molecule has 14 rings (SSSR count). The van der Waals surface area contributed by atoms with Gasteiger partial charge in [-0.25, -0.2) is 0 Å². The van der Waals surface area contributed by atoms with Gasteiger partial charge in [0.05, 0.1) is 16.8 Å². The monoisotopic (exact) mass is 894 g/mol. The van der Waals surface area contributed by atoms with Gasteiger partial charge in [0, 0.05) is 33.9 Å². The Hall–Kier alpha value is -8.46. The van der Waals surface area contributed by atoms with E-state index in [1.165, 1.54) is 99.6 Å². The first-order valence-corrected chi connectivity index (χ1v) is 24.9. The van der Waals surface area contributed by atoms with E-state index >= 15 is 0 Å². The van der Waals surface area contributed by atoms with Gasteiger partial charge < -0.3 is 10.2 Å². The van der Waals surface area contributed by atoms with Crippen molar-refractivity contribution >= 4 is 56.1 Å². The van der Waals surface area contributed by atoms with Crippen LogP contribution in [0.1, 0.15) is 58.2 Å². The lowest BCUT2D eigenvalue weighted by atomic mass is 9.70. The van der Waals surface area contributed by atoms with E-state index < -0.39 is 5.41 Å². The largest absolute Gasteiger partial charge is 0.355 e. The van der Waals surface area contributed by atoms with Crippen molar-refractivity contribution in [2.24, 2.45) is 5.92 Å². The summed E-state index contributed by atoms with van der Waals surface area (Å²) in [6.07, 6.45) is 16.0. The Kier molecular flexibility index (Phi) is 9.32. The van der Waals surface area contributed by atoms with Gasteiger partial charge in [0.1, 0.15) is 0 Å². The van der Waals surface area contributed by atoms with Crippen LogP contribution < -0.4 is 10.2 Å². The Morgan fingerprint density at radius 1 is 0.500 bits per heavy atom. The van der Waals surface area contributed by atoms with Crippen molar-refractivity contribution in [2.75, 3.05) is 10.2 Å². The first kappa shape index (κ1) is 40.6. The van der Waals surface area contributed by atoms with Crippen LogP contribution in [0.4, 0.5) is 28.4 Å². The molecule has 0 heterocycles. The van der Waals surface area contributed by atoms with Crippen molar-refractivity contribution in [1.29, 1.82) is 0 Å². The molecule has 2 unspecified atom stereocenters. The highest BCUT2D eigenvalue weighted by molar-refractivity contribution is 6.02. The average Bonchev–Trinajstić information content (AvgIpc) is 3.90. The van der Waals surface area contributed by atoms with Crippen LogP contribution in [0.15, 0.2) is 237 Å². The standard InChI is InChI=1S/C68H50N2/c1-44-17-2-4-20-51(44)66-59-27-8-6-22-53(59)54-23-7-9-28-60(54)67(66)69-48-37-33-45(34-38-48)46-35-39-49(40-36-46)70(65-32-16-19-47-18-3-5-21-52(47)65)50-41-42-58-57-26-12-15-31-63(57)68(64(58)43-50)61-29-13-10-24-55(61)56-25-11-14-30-62(56)68/h2-6,8-22,24-44,51,69H,7,23H2,1H3. The molecule has 4 aliphatic carbocycles. The van der Waals surface area contributed by atoms with Crippen molar-refractivity contribution in [3.8, 4) is 33.4 Å². The molecule has 4 aliphatic rings. The molecule has 0 radical (unpaired) electrons. The van der Waals surface area contributed by atoms with Crippen LogP contribution in [0.5, 0.6) is 0 Å². The molecule has 1 spiro atoms. The van der Waals surface area contributed by atoms with Gasteiger partial charge in [-0.3, -0.25) is 0 Å². The fourth-order valence-electron chi connectivity index (χ4n) is 12.7. The minimum atomic E-state index is -0.432.